The second kappa shape index (κ2) is 9.11. The van der Waals surface area contributed by atoms with Crippen molar-refractivity contribution in [1.29, 1.82) is 0 Å². The molecular weight excluding hydrogens is 404 g/mol. The van der Waals surface area contributed by atoms with E-state index in [1.165, 1.54) is 12.5 Å². The molecule has 0 aliphatic heterocycles. The molecule has 0 spiro atoms. The van der Waals surface area contributed by atoms with Crippen LogP contribution in [0.15, 0.2) is 82.5 Å². The minimum absolute atomic E-state index is 0.286. The van der Waals surface area contributed by atoms with E-state index in [1.807, 2.05) is 48.5 Å². The van der Waals surface area contributed by atoms with E-state index in [-0.39, 0.29) is 5.69 Å². The Hall–Kier alpha value is -3.84. The van der Waals surface area contributed by atoms with E-state index >= 15 is 0 Å². The van der Waals surface area contributed by atoms with Crippen LogP contribution in [0.3, 0.4) is 0 Å². The third kappa shape index (κ3) is 4.95. The fourth-order valence-corrected chi connectivity index (χ4v) is 2.78. The van der Waals surface area contributed by atoms with Crippen LogP contribution in [0, 0.1) is 0 Å². The summed E-state index contributed by atoms with van der Waals surface area (Å²) in [5, 5.41) is 11.5. The fourth-order valence-electron chi connectivity index (χ4n) is 2.66. The fraction of sp³-hybridized carbons (Fsp3) is 0.0455. The van der Waals surface area contributed by atoms with Crippen LogP contribution in [0.4, 0.5) is 0 Å². The number of hydrogen-bond donors (Lipinski definition) is 2. The summed E-state index contributed by atoms with van der Waals surface area (Å²) in [6, 6.07) is 20.1. The predicted molar refractivity (Wildman–Crippen MR) is 114 cm³/mol. The van der Waals surface area contributed by atoms with E-state index in [0.29, 0.717) is 28.8 Å². The highest BCUT2D eigenvalue weighted by atomic mass is 35.5. The zero-order valence-electron chi connectivity index (χ0n) is 15.7. The number of carbonyl (C=O) groups excluding carboxylic acids is 1. The molecule has 2 aromatic heterocycles. The van der Waals surface area contributed by atoms with Gasteiger partial charge in [0.05, 0.1) is 18.2 Å². The Kier molecular flexibility index (Phi) is 5.91. The smallest absolute Gasteiger partial charge is 0.289 e. The van der Waals surface area contributed by atoms with E-state index < -0.39 is 5.91 Å². The summed E-state index contributed by atoms with van der Waals surface area (Å²) in [5.41, 5.74) is 5.16. The van der Waals surface area contributed by atoms with Crippen LogP contribution in [0.1, 0.15) is 21.8 Å². The average molecular weight is 421 g/mol. The highest BCUT2D eigenvalue weighted by molar-refractivity contribution is 6.30. The van der Waals surface area contributed by atoms with Crippen LogP contribution in [0.5, 0.6) is 5.75 Å². The number of nitrogens with zero attached hydrogens (tertiary/aromatic N) is 2. The minimum Gasteiger partial charge on any atom is -0.489 e. The summed E-state index contributed by atoms with van der Waals surface area (Å²) in [5.74, 6) is 0.821. The van der Waals surface area contributed by atoms with Gasteiger partial charge >= 0.3 is 0 Å². The van der Waals surface area contributed by atoms with Crippen molar-refractivity contribution in [2.45, 2.75) is 6.61 Å². The first-order valence-corrected chi connectivity index (χ1v) is 9.45. The van der Waals surface area contributed by atoms with Crippen molar-refractivity contribution in [2.24, 2.45) is 5.10 Å². The van der Waals surface area contributed by atoms with E-state index in [0.717, 1.165) is 11.1 Å². The predicted octanol–water partition coefficient (Wildman–Crippen LogP) is 4.67. The molecule has 0 fully saturated rings. The Morgan fingerprint density at radius 2 is 2.03 bits per heavy atom. The van der Waals surface area contributed by atoms with Gasteiger partial charge in [-0.25, -0.2) is 5.43 Å². The van der Waals surface area contributed by atoms with Gasteiger partial charge in [0.1, 0.15) is 23.8 Å². The standard InChI is InChI=1S/C22H17ClN4O3/c23-17-8-6-15(7-9-17)14-30-18-4-1-3-16(11-18)20-12-21(26-25-20)22(28)27-24-13-19-5-2-10-29-19/h1-13H,14H2,(H,25,26)(H,27,28). The molecular formula is C22H17ClN4O3. The van der Waals surface area contributed by atoms with Crippen molar-refractivity contribution in [3.05, 3.63) is 95.0 Å². The number of rotatable bonds is 7. The van der Waals surface area contributed by atoms with E-state index in [9.17, 15) is 4.79 Å². The number of nitrogens with one attached hydrogen (secondary N) is 2. The molecule has 7 nitrogen and oxygen atoms in total. The number of H-pyrrole nitrogens is 1. The van der Waals surface area contributed by atoms with E-state index in [1.54, 1.807) is 18.2 Å². The molecule has 4 aromatic rings. The summed E-state index contributed by atoms with van der Waals surface area (Å²) in [7, 11) is 0. The van der Waals surface area contributed by atoms with Crippen LogP contribution in [-0.2, 0) is 6.61 Å². The number of ether oxygens (including phenoxy) is 1. The summed E-state index contributed by atoms with van der Waals surface area (Å²) >= 11 is 5.90. The van der Waals surface area contributed by atoms with Gasteiger partial charge in [0, 0.05) is 10.6 Å². The van der Waals surface area contributed by atoms with Crippen molar-refractivity contribution in [2.75, 3.05) is 0 Å². The van der Waals surface area contributed by atoms with Crippen LogP contribution in [0.25, 0.3) is 11.3 Å². The van der Waals surface area contributed by atoms with Crippen LogP contribution < -0.4 is 10.2 Å². The van der Waals surface area contributed by atoms with Gasteiger partial charge in [-0.05, 0) is 48.0 Å². The number of amides is 1. The Labute approximate surface area is 177 Å². The highest BCUT2D eigenvalue weighted by Crippen LogP contribution is 2.23. The number of carbonyl (C=O) groups is 1. The molecule has 0 atom stereocenters. The van der Waals surface area contributed by atoms with Crippen molar-refractivity contribution in [3.63, 3.8) is 0 Å². The lowest BCUT2D eigenvalue weighted by Gasteiger charge is -2.07. The number of furan rings is 1. The van der Waals surface area contributed by atoms with Gasteiger partial charge in [-0.1, -0.05) is 35.9 Å². The molecule has 0 aliphatic rings. The summed E-state index contributed by atoms with van der Waals surface area (Å²) in [6.45, 7) is 0.419. The number of hydrazone groups is 1. The van der Waals surface area contributed by atoms with Gasteiger partial charge in [0.2, 0.25) is 0 Å². The lowest BCUT2D eigenvalue weighted by Crippen LogP contribution is -2.17. The number of halogens is 1. The minimum atomic E-state index is -0.410. The molecule has 150 valence electrons. The summed E-state index contributed by atoms with van der Waals surface area (Å²) in [6.07, 6.45) is 2.94. The molecule has 2 N–H and O–H groups in total. The second-order valence-electron chi connectivity index (χ2n) is 6.32. The van der Waals surface area contributed by atoms with Gasteiger partial charge in [0.15, 0.2) is 0 Å². The first-order chi connectivity index (χ1) is 14.7. The van der Waals surface area contributed by atoms with Crippen molar-refractivity contribution in [3.8, 4) is 17.0 Å². The topological polar surface area (TPSA) is 92.5 Å². The molecule has 0 radical (unpaired) electrons. The maximum atomic E-state index is 12.2. The number of aromatic amines is 1. The number of aromatic nitrogens is 2. The van der Waals surface area contributed by atoms with Crippen molar-refractivity contribution >= 4 is 23.7 Å². The van der Waals surface area contributed by atoms with Gasteiger partial charge in [-0.15, -0.1) is 0 Å². The lowest BCUT2D eigenvalue weighted by molar-refractivity contribution is 0.0950. The van der Waals surface area contributed by atoms with E-state index in [2.05, 4.69) is 20.7 Å². The Bertz CT molecular complexity index is 1150. The van der Waals surface area contributed by atoms with Crippen molar-refractivity contribution < 1.29 is 13.9 Å². The Morgan fingerprint density at radius 1 is 1.17 bits per heavy atom. The van der Waals surface area contributed by atoms with Gasteiger partial charge in [-0.3, -0.25) is 9.89 Å². The molecule has 0 saturated heterocycles. The third-order valence-corrected chi connectivity index (χ3v) is 4.42. The van der Waals surface area contributed by atoms with Gasteiger partial charge in [-0.2, -0.15) is 10.2 Å². The summed E-state index contributed by atoms with van der Waals surface area (Å²) < 4.78 is 11.0. The highest BCUT2D eigenvalue weighted by Gasteiger charge is 2.11. The number of benzene rings is 2. The number of hydrogen-bond acceptors (Lipinski definition) is 5. The van der Waals surface area contributed by atoms with Crippen LogP contribution in [-0.4, -0.2) is 22.3 Å². The zero-order valence-corrected chi connectivity index (χ0v) is 16.5. The molecule has 30 heavy (non-hydrogen) atoms. The molecule has 0 aliphatic carbocycles. The zero-order chi connectivity index (χ0) is 20.8. The molecule has 8 heteroatoms. The van der Waals surface area contributed by atoms with Crippen LogP contribution >= 0.6 is 11.6 Å². The van der Waals surface area contributed by atoms with Crippen LogP contribution in [0.2, 0.25) is 5.02 Å². The normalized spacial score (nSPS) is 11.0. The largest absolute Gasteiger partial charge is 0.489 e. The molecule has 2 aromatic carbocycles. The first kappa shape index (κ1) is 19.5. The summed E-state index contributed by atoms with van der Waals surface area (Å²) in [4.78, 5) is 12.2. The Balaban J connectivity index is 1.39. The molecule has 4 rings (SSSR count). The third-order valence-electron chi connectivity index (χ3n) is 4.17. The first-order valence-electron chi connectivity index (χ1n) is 9.07. The SMILES string of the molecule is O=C(NN=Cc1ccco1)c1cc(-c2cccc(OCc3ccc(Cl)cc3)c2)n[nH]1. The maximum absolute atomic E-state index is 12.2. The Morgan fingerprint density at radius 3 is 2.83 bits per heavy atom. The lowest BCUT2D eigenvalue weighted by atomic mass is 10.1. The molecule has 2 heterocycles. The van der Waals surface area contributed by atoms with Crippen molar-refractivity contribution in [1.82, 2.24) is 15.6 Å². The maximum Gasteiger partial charge on any atom is 0.289 e. The quantitative estimate of drug-likeness (QED) is 0.336. The monoisotopic (exact) mass is 420 g/mol. The molecule has 0 saturated carbocycles. The second-order valence-corrected chi connectivity index (χ2v) is 6.76. The molecule has 0 bridgehead atoms. The average Bonchev–Trinajstić information content (AvgIpc) is 3.46. The molecule has 0 unspecified atom stereocenters. The molecule has 1 amide bonds. The van der Waals surface area contributed by atoms with Gasteiger partial charge < -0.3 is 9.15 Å². The van der Waals surface area contributed by atoms with E-state index in [4.69, 9.17) is 20.8 Å². The van der Waals surface area contributed by atoms with Gasteiger partial charge in [0.25, 0.3) is 5.91 Å².